The van der Waals surface area contributed by atoms with E-state index >= 15 is 0 Å². The van der Waals surface area contributed by atoms with Crippen molar-refractivity contribution >= 4 is 6.41 Å². The molecule has 1 N–H and O–H groups in total. The Balaban J connectivity index is 2.89. The van der Waals surface area contributed by atoms with Gasteiger partial charge in [-0.3, -0.25) is 4.79 Å². The van der Waals surface area contributed by atoms with Gasteiger partial charge in [-0.05, 0) is 19.9 Å². The molecule has 1 aromatic heterocycles. The molecule has 1 heterocycles. The van der Waals surface area contributed by atoms with E-state index in [-0.39, 0.29) is 0 Å². The summed E-state index contributed by atoms with van der Waals surface area (Å²) >= 11 is 0. The lowest BCUT2D eigenvalue weighted by atomic mass is 10.1. The smallest absolute Gasteiger partial charge is 0.310 e. The molecule has 0 fully saturated rings. The highest BCUT2D eigenvalue weighted by Gasteiger charge is 2.22. The maximum Gasteiger partial charge on any atom is 0.310 e. The fourth-order valence-electron chi connectivity index (χ4n) is 0.805. The van der Waals surface area contributed by atoms with Gasteiger partial charge in [-0.25, -0.2) is 9.97 Å². The third kappa shape index (κ3) is 1.78. The summed E-state index contributed by atoms with van der Waals surface area (Å²) in [6.07, 6.45) is 4.90. The van der Waals surface area contributed by atoms with Gasteiger partial charge in [0.1, 0.15) is 0 Å². The normalized spacial score (nSPS) is 10.8. The van der Waals surface area contributed by atoms with Crippen molar-refractivity contribution in [1.82, 2.24) is 15.3 Å². The molecule has 0 atom stereocenters. The van der Waals surface area contributed by atoms with Gasteiger partial charge in [0, 0.05) is 12.4 Å². The zero-order valence-electron chi connectivity index (χ0n) is 7.03. The second kappa shape index (κ2) is 3.30. The number of hydrogen-bond acceptors (Lipinski definition) is 3. The van der Waals surface area contributed by atoms with Crippen LogP contribution in [0, 0.1) is 0 Å². The van der Waals surface area contributed by atoms with Crippen LogP contribution in [0.5, 0.6) is 0 Å². The molecule has 1 rings (SSSR count). The number of amides is 1. The summed E-state index contributed by atoms with van der Waals surface area (Å²) in [5, 5.41) is 2.51. The van der Waals surface area contributed by atoms with Crippen molar-refractivity contribution in [3.05, 3.63) is 24.3 Å². The molecule has 0 saturated carbocycles. The zero-order chi connectivity index (χ0) is 9.03. The van der Waals surface area contributed by atoms with E-state index < -0.39 is 5.54 Å². The van der Waals surface area contributed by atoms with E-state index in [0.29, 0.717) is 5.82 Å². The molecule has 4 heteroatoms. The van der Waals surface area contributed by atoms with Gasteiger partial charge in [0.05, 0.1) is 5.54 Å². The van der Waals surface area contributed by atoms with Crippen molar-refractivity contribution in [2.45, 2.75) is 19.4 Å². The molecule has 0 unspecified atom stereocenters. The standard InChI is InChI=1S/C8H10N3O/c1-8(2,11-6-12)7-9-4-3-5-10-7/h3-5H,1-2H3,(H,11,12). The number of carbonyl (C=O) groups excluding carboxylic acids is 1. The molecule has 0 bridgehead atoms. The highest BCUT2D eigenvalue weighted by molar-refractivity contribution is 5.49. The van der Waals surface area contributed by atoms with Crippen LogP contribution in [0.4, 0.5) is 0 Å². The first-order valence-electron chi connectivity index (χ1n) is 3.58. The number of nitrogens with one attached hydrogen (secondary N) is 1. The molecule has 0 aliphatic heterocycles. The Morgan fingerprint density at radius 2 is 2.00 bits per heavy atom. The summed E-state index contributed by atoms with van der Waals surface area (Å²) in [6.45, 7) is 3.63. The third-order valence-corrected chi connectivity index (χ3v) is 1.49. The van der Waals surface area contributed by atoms with Crippen molar-refractivity contribution in [1.29, 1.82) is 0 Å². The summed E-state index contributed by atoms with van der Waals surface area (Å²) in [5.74, 6) is 0.577. The lowest BCUT2D eigenvalue weighted by molar-refractivity contribution is 0.428. The van der Waals surface area contributed by atoms with Gasteiger partial charge >= 0.3 is 6.41 Å². The van der Waals surface area contributed by atoms with Crippen molar-refractivity contribution in [3.8, 4) is 0 Å². The highest BCUT2D eigenvalue weighted by atomic mass is 16.1. The maximum atomic E-state index is 10.1. The number of rotatable bonds is 3. The van der Waals surface area contributed by atoms with Crippen molar-refractivity contribution in [2.75, 3.05) is 0 Å². The second-order valence-corrected chi connectivity index (χ2v) is 2.92. The van der Waals surface area contributed by atoms with Crippen LogP contribution in [0.2, 0.25) is 0 Å². The minimum atomic E-state index is -0.553. The first-order valence-corrected chi connectivity index (χ1v) is 3.58. The predicted octanol–water partition coefficient (Wildman–Crippen LogP) is 0.369. The molecule has 0 aliphatic rings. The Kier molecular flexibility index (Phi) is 2.38. The van der Waals surface area contributed by atoms with E-state index in [1.165, 1.54) is 0 Å². The lowest BCUT2D eigenvalue weighted by Crippen LogP contribution is -2.37. The molecule has 0 aromatic carbocycles. The van der Waals surface area contributed by atoms with Crippen molar-refractivity contribution in [2.24, 2.45) is 0 Å². The zero-order valence-corrected chi connectivity index (χ0v) is 7.03. The van der Waals surface area contributed by atoms with Crippen LogP contribution in [0.25, 0.3) is 0 Å². The first kappa shape index (κ1) is 8.64. The molecule has 63 valence electrons. The van der Waals surface area contributed by atoms with Gasteiger partial charge in [0.2, 0.25) is 0 Å². The van der Waals surface area contributed by atoms with Crippen molar-refractivity contribution in [3.63, 3.8) is 0 Å². The maximum absolute atomic E-state index is 10.1. The van der Waals surface area contributed by atoms with Crippen molar-refractivity contribution < 1.29 is 4.79 Å². The Morgan fingerprint density at radius 1 is 1.42 bits per heavy atom. The summed E-state index contributed by atoms with van der Waals surface area (Å²) in [4.78, 5) is 18.1. The average molecular weight is 164 g/mol. The van der Waals surface area contributed by atoms with Crippen LogP contribution in [0.3, 0.4) is 0 Å². The Labute approximate surface area is 71.0 Å². The van der Waals surface area contributed by atoms with Gasteiger partial charge in [-0.1, -0.05) is 0 Å². The quantitative estimate of drug-likeness (QED) is 0.656. The Morgan fingerprint density at radius 3 is 2.50 bits per heavy atom. The van der Waals surface area contributed by atoms with Gasteiger partial charge < -0.3 is 5.32 Å². The minimum absolute atomic E-state index is 0.553. The second-order valence-electron chi connectivity index (χ2n) is 2.92. The molecule has 0 spiro atoms. The topological polar surface area (TPSA) is 54.9 Å². The van der Waals surface area contributed by atoms with Crippen LogP contribution < -0.4 is 5.32 Å². The summed E-state index contributed by atoms with van der Waals surface area (Å²) in [7, 11) is 0. The minimum Gasteiger partial charge on any atom is -0.336 e. The fraction of sp³-hybridized carbons (Fsp3) is 0.375. The van der Waals surface area contributed by atoms with Crippen LogP contribution in [-0.4, -0.2) is 16.4 Å². The first-order chi connectivity index (χ1) is 5.67. The molecule has 1 amide bonds. The van der Waals surface area contributed by atoms with Crippen LogP contribution in [0.15, 0.2) is 18.5 Å². The predicted molar refractivity (Wildman–Crippen MR) is 43.9 cm³/mol. The van der Waals surface area contributed by atoms with E-state index in [0.717, 1.165) is 0 Å². The third-order valence-electron chi connectivity index (χ3n) is 1.49. The summed E-state index contributed by atoms with van der Waals surface area (Å²) in [6, 6.07) is 1.73. The lowest BCUT2D eigenvalue weighted by Gasteiger charge is -2.20. The SMILES string of the molecule is CC(C)(N[C]=O)c1ncccn1. The molecule has 1 aromatic rings. The Bertz CT molecular complexity index is 258. The summed E-state index contributed by atoms with van der Waals surface area (Å²) < 4.78 is 0. The molecule has 4 nitrogen and oxygen atoms in total. The molecule has 0 aliphatic carbocycles. The highest BCUT2D eigenvalue weighted by Crippen LogP contribution is 2.12. The van der Waals surface area contributed by atoms with Gasteiger partial charge in [-0.15, -0.1) is 0 Å². The number of aromatic nitrogens is 2. The largest absolute Gasteiger partial charge is 0.336 e. The molecule has 12 heavy (non-hydrogen) atoms. The molecular weight excluding hydrogens is 154 g/mol. The van der Waals surface area contributed by atoms with Crippen LogP contribution in [0.1, 0.15) is 19.7 Å². The molecular formula is C8H10N3O. The van der Waals surface area contributed by atoms with Crippen LogP contribution in [-0.2, 0) is 10.3 Å². The van der Waals surface area contributed by atoms with E-state index in [1.54, 1.807) is 24.9 Å². The fourth-order valence-corrected chi connectivity index (χ4v) is 0.805. The Hall–Kier alpha value is -1.45. The monoisotopic (exact) mass is 164 g/mol. The van der Waals surface area contributed by atoms with Gasteiger partial charge in [0.15, 0.2) is 5.82 Å². The molecule has 0 saturated heterocycles. The van der Waals surface area contributed by atoms with E-state index in [4.69, 9.17) is 0 Å². The number of nitrogens with zero attached hydrogens (tertiary/aromatic N) is 2. The molecule has 1 radical (unpaired) electrons. The number of hydrogen-bond donors (Lipinski definition) is 1. The van der Waals surface area contributed by atoms with Gasteiger partial charge in [-0.2, -0.15) is 0 Å². The van der Waals surface area contributed by atoms with E-state index in [9.17, 15) is 4.79 Å². The van der Waals surface area contributed by atoms with Gasteiger partial charge in [0.25, 0.3) is 0 Å². The van der Waals surface area contributed by atoms with E-state index in [2.05, 4.69) is 15.3 Å². The summed E-state index contributed by atoms with van der Waals surface area (Å²) in [5.41, 5.74) is -0.553. The average Bonchev–Trinajstić information content (AvgIpc) is 2.06. The van der Waals surface area contributed by atoms with Crippen LogP contribution >= 0.6 is 0 Å². The van der Waals surface area contributed by atoms with E-state index in [1.807, 2.05) is 13.8 Å².